The highest BCUT2D eigenvalue weighted by Crippen LogP contribution is 2.29. The fraction of sp³-hybridized carbons (Fsp3) is 0.188. The molecule has 3 aromatic rings. The zero-order valence-corrected chi connectivity index (χ0v) is 12.6. The molecule has 1 atom stereocenters. The predicted molar refractivity (Wildman–Crippen MR) is 83.4 cm³/mol. The van der Waals surface area contributed by atoms with Gasteiger partial charge in [-0.3, -0.25) is 4.98 Å². The maximum Gasteiger partial charge on any atom is 0.417 e. The Morgan fingerprint density at radius 3 is 2.70 bits per heavy atom. The van der Waals surface area contributed by atoms with Crippen LogP contribution < -0.4 is 5.76 Å². The van der Waals surface area contributed by atoms with Crippen molar-refractivity contribution in [2.45, 2.75) is 18.2 Å². The van der Waals surface area contributed by atoms with E-state index < -0.39 is 5.76 Å². The van der Waals surface area contributed by atoms with Gasteiger partial charge in [-0.15, -0.1) is 0 Å². The summed E-state index contributed by atoms with van der Waals surface area (Å²) in [5.74, 6) is -0.415. The van der Waals surface area contributed by atoms with Gasteiger partial charge in [-0.25, -0.2) is 4.79 Å². The molecular formula is C16H14BrNO2. The summed E-state index contributed by atoms with van der Waals surface area (Å²) in [7, 11) is 0. The number of hydrogen-bond donors (Lipinski definition) is 1. The number of oxazole rings is 1. The number of fused-ring (bicyclic) bond motifs is 1. The Bertz CT molecular complexity index is 786. The van der Waals surface area contributed by atoms with E-state index >= 15 is 0 Å². The summed E-state index contributed by atoms with van der Waals surface area (Å²) >= 11 is 3.70. The van der Waals surface area contributed by atoms with Gasteiger partial charge in [0.05, 0.1) is 5.52 Å². The Morgan fingerprint density at radius 2 is 1.95 bits per heavy atom. The monoisotopic (exact) mass is 331 g/mol. The highest BCUT2D eigenvalue weighted by molar-refractivity contribution is 9.09. The molecule has 3 nitrogen and oxygen atoms in total. The first-order valence-electron chi connectivity index (χ1n) is 6.44. The highest BCUT2D eigenvalue weighted by atomic mass is 79.9. The van der Waals surface area contributed by atoms with Gasteiger partial charge in [-0.2, -0.15) is 0 Å². The summed E-state index contributed by atoms with van der Waals surface area (Å²) < 4.78 is 5.09. The first-order valence-corrected chi connectivity index (χ1v) is 7.36. The summed E-state index contributed by atoms with van der Waals surface area (Å²) in [6.07, 6.45) is 0.889. The quantitative estimate of drug-likeness (QED) is 0.734. The molecule has 1 aromatic heterocycles. The number of nitrogens with one attached hydrogen (secondary N) is 1. The van der Waals surface area contributed by atoms with E-state index in [9.17, 15) is 4.79 Å². The topological polar surface area (TPSA) is 46.0 Å². The second-order valence-electron chi connectivity index (χ2n) is 4.93. The molecule has 0 aliphatic carbocycles. The van der Waals surface area contributed by atoms with E-state index in [1.165, 1.54) is 11.1 Å². The van der Waals surface area contributed by atoms with Crippen LogP contribution in [0, 0.1) is 6.92 Å². The molecule has 1 unspecified atom stereocenters. The fourth-order valence-electron chi connectivity index (χ4n) is 2.21. The summed E-state index contributed by atoms with van der Waals surface area (Å²) in [4.78, 5) is 14.0. The van der Waals surface area contributed by atoms with Crippen LogP contribution in [0.15, 0.2) is 51.7 Å². The summed E-state index contributed by atoms with van der Waals surface area (Å²) in [6, 6.07) is 14.3. The van der Waals surface area contributed by atoms with E-state index in [1.807, 2.05) is 18.2 Å². The van der Waals surface area contributed by atoms with E-state index in [0.29, 0.717) is 5.58 Å². The van der Waals surface area contributed by atoms with Crippen molar-refractivity contribution in [1.29, 1.82) is 0 Å². The molecular weight excluding hydrogens is 318 g/mol. The summed E-state index contributed by atoms with van der Waals surface area (Å²) in [6.45, 7) is 2.08. The minimum atomic E-state index is -0.415. The Kier molecular flexibility index (Phi) is 3.49. The predicted octanol–water partition coefficient (Wildman–Crippen LogP) is 4.11. The number of rotatable bonds is 3. The molecule has 0 radical (unpaired) electrons. The van der Waals surface area contributed by atoms with Crippen LogP contribution in [0.3, 0.4) is 0 Å². The molecule has 0 saturated carbocycles. The van der Waals surface area contributed by atoms with E-state index in [1.54, 1.807) is 0 Å². The molecule has 0 aliphatic rings. The third-order valence-electron chi connectivity index (χ3n) is 3.34. The van der Waals surface area contributed by atoms with Crippen LogP contribution in [0.1, 0.15) is 21.5 Å². The number of H-pyrrole nitrogens is 1. The molecule has 0 bridgehead atoms. The van der Waals surface area contributed by atoms with Gasteiger partial charge >= 0.3 is 5.76 Å². The average Bonchev–Trinajstić information content (AvgIpc) is 2.80. The second kappa shape index (κ2) is 5.29. The molecule has 1 heterocycles. The van der Waals surface area contributed by atoms with Crippen molar-refractivity contribution in [3.05, 3.63) is 69.7 Å². The van der Waals surface area contributed by atoms with E-state index in [4.69, 9.17) is 4.42 Å². The third kappa shape index (κ3) is 2.70. The van der Waals surface area contributed by atoms with Crippen LogP contribution in [0.5, 0.6) is 0 Å². The van der Waals surface area contributed by atoms with Crippen LogP contribution in [0.25, 0.3) is 11.1 Å². The van der Waals surface area contributed by atoms with Gasteiger partial charge < -0.3 is 4.42 Å². The van der Waals surface area contributed by atoms with Crippen molar-refractivity contribution in [3.63, 3.8) is 0 Å². The first-order chi connectivity index (χ1) is 9.61. The molecule has 0 spiro atoms. The van der Waals surface area contributed by atoms with Crippen LogP contribution >= 0.6 is 15.9 Å². The lowest BCUT2D eigenvalue weighted by Gasteiger charge is -2.10. The molecule has 0 aliphatic heterocycles. The summed E-state index contributed by atoms with van der Waals surface area (Å²) in [5.41, 5.74) is 4.96. The maximum atomic E-state index is 11.2. The van der Waals surface area contributed by atoms with Gasteiger partial charge in [-0.1, -0.05) is 51.8 Å². The lowest BCUT2D eigenvalue weighted by molar-refractivity contribution is 0.555. The minimum Gasteiger partial charge on any atom is -0.408 e. The Balaban J connectivity index is 1.85. The molecule has 1 N–H and O–H groups in total. The lowest BCUT2D eigenvalue weighted by Crippen LogP contribution is -1.95. The smallest absolute Gasteiger partial charge is 0.408 e. The number of hydrogen-bond acceptors (Lipinski definition) is 2. The molecule has 0 amide bonds. The molecule has 0 fully saturated rings. The van der Waals surface area contributed by atoms with Gasteiger partial charge in [0.1, 0.15) is 0 Å². The second-order valence-corrected chi connectivity index (χ2v) is 6.03. The van der Waals surface area contributed by atoms with Crippen molar-refractivity contribution in [3.8, 4) is 0 Å². The van der Waals surface area contributed by atoms with Crippen LogP contribution in [0.2, 0.25) is 0 Å². The van der Waals surface area contributed by atoms with Gasteiger partial charge in [0.2, 0.25) is 0 Å². The number of halogens is 1. The number of benzene rings is 2. The molecule has 0 saturated heterocycles. The summed E-state index contributed by atoms with van der Waals surface area (Å²) in [5, 5.41) is 0. The molecule has 102 valence electrons. The van der Waals surface area contributed by atoms with Crippen molar-refractivity contribution >= 4 is 27.0 Å². The number of aryl methyl sites for hydroxylation is 1. The highest BCUT2D eigenvalue weighted by Gasteiger charge is 2.11. The van der Waals surface area contributed by atoms with Crippen molar-refractivity contribution < 1.29 is 4.42 Å². The molecule has 2 aromatic carbocycles. The van der Waals surface area contributed by atoms with Crippen molar-refractivity contribution in [1.82, 2.24) is 4.98 Å². The number of alkyl halides is 1. The van der Waals surface area contributed by atoms with Crippen LogP contribution in [-0.4, -0.2) is 4.98 Å². The normalized spacial score (nSPS) is 12.7. The zero-order valence-electron chi connectivity index (χ0n) is 11.0. The Hall–Kier alpha value is -1.81. The van der Waals surface area contributed by atoms with Crippen LogP contribution in [-0.2, 0) is 6.42 Å². The Labute approximate surface area is 124 Å². The Morgan fingerprint density at radius 1 is 1.20 bits per heavy atom. The number of aromatic amines is 1. The zero-order chi connectivity index (χ0) is 14.1. The van der Waals surface area contributed by atoms with E-state index in [-0.39, 0.29) is 4.83 Å². The van der Waals surface area contributed by atoms with Gasteiger partial charge in [0, 0.05) is 4.83 Å². The first kappa shape index (κ1) is 13.2. The molecule has 3 rings (SSSR count). The van der Waals surface area contributed by atoms with E-state index in [0.717, 1.165) is 17.5 Å². The molecule has 20 heavy (non-hydrogen) atoms. The van der Waals surface area contributed by atoms with Crippen molar-refractivity contribution in [2.75, 3.05) is 0 Å². The maximum absolute atomic E-state index is 11.2. The number of aromatic nitrogens is 1. The van der Waals surface area contributed by atoms with Crippen molar-refractivity contribution in [2.24, 2.45) is 0 Å². The molecule has 4 heteroatoms. The average molecular weight is 332 g/mol. The van der Waals surface area contributed by atoms with E-state index in [2.05, 4.69) is 52.1 Å². The van der Waals surface area contributed by atoms with Gasteiger partial charge in [0.25, 0.3) is 0 Å². The minimum absolute atomic E-state index is 0.190. The van der Waals surface area contributed by atoms with Gasteiger partial charge in [0.15, 0.2) is 5.58 Å². The largest absolute Gasteiger partial charge is 0.417 e. The lowest BCUT2D eigenvalue weighted by atomic mass is 10.0. The third-order valence-corrected chi connectivity index (χ3v) is 4.19. The fourth-order valence-corrected chi connectivity index (χ4v) is 2.86. The van der Waals surface area contributed by atoms with Gasteiger partial charge in [-0.05, 0) is 36.6 Å². The standard InChI is InChI=1S/C16H14BrNO2/c1-10-2-4-11(5-3-10)8-13(17)12-6-7-14-15(9-12)20-16(19)18-14/h2-7,9,13H,8H2,1H3,(H,18,19). The SMILES string of the molecule is Cc1ccc(CC(Br)c2ccc3[nH]c(=O)oc3c2)cc1. The van der Waals surface area contributed by atoms with Crippen LogP contribution in [0.4, 0.5) is 0 Å².